The number of pyridine rings is 1. The number of nitrogens with one attached hydrogen (secondary N) is 1. The molecule has 2 aromatic rings. The average molecular weight is 420 g/mol. The fraction of sp³-hybridized carbons (Fsp3) is 0.400. The van der Waals surface area contributed by atoms with Crippen molar-refractivity contribution in [2.75, 3.05) is 31.4 Å². The van der Waals surface area contributed by atoms with Crippen LogP contribution < -0.4 is 10.1 Å². The first kappa shape index (κ1) is 22.6. The lowest BCUT2D eigenvalue weighted by molar-refractivity contribution is -0.387. The summed E-state index contributed by atoms with van der Waals surface area (Å²) in [6.45, 7) is 4.87. The molecule has 1 heterocycles. The number of thioether (sulfide) groups is 1. The summed E-state index contributed by atoms with van der Waals surface area (Å²) in [4.78, 5) is 28.3. The van der Waals surface area contributed by atoms with Gasteiger partial charge in [0.1, 0.15) is 12.3 Å². The van der Waals surface area contributed by atoms with Crippen molar-refractivity contribution in [1.29, 1.82) is 0 Å². The predicted octanol–water partition coefficient (Wildman–Crippen LogP) is 4.41. The third-order valence-electron chi connectivity index (χ3n) is 3.92. The predicted molar refractivity (Wildman–Crippen MR) is 113 cm³/mol. The number of hydrogen-bond donors (Lipinski definition) is 1. The number of nitrogens with zero attached hydrogens (tertiary/aromatic N) is 2. The van der Waals surface area contributed by atoms with E-state index in [9.17, 15) is 14.9 Å². The zero-order valence-corrected chi connectivity index (χ0v) is 17.5. The van der Waals surface area contributed by atoms with Crippen molar-refractivity contribution in [1.82, 2.24) is 4.98 Å². The Morgan fingerprint density at radius 3 is 2.79 bits per heavy atom. The standard InChI is InChI=1S/C20H25N3O5S/c1-14(2)8-12-29-18-7-6-15(13-17(18)23(25)26)19(24)22-16-5-4-9-21-20(16)28-11-10-27-3/h4-7,9,13-14H,8,10-12H2,1-3H3,(H,22,24). The first-order valence-corrected chi connectivity index (χ1v) is 10.2. The van der Waals surface area contributed by atoms with Gasteiger partial charge in [-0.15, -0.1) is 11.8 Å². The number of benzene rings is 1. The van der Waals surface area contributed by atoms with E-state index >= 15 is 0 Å². The van der Waals surface area contributed by atoms with E-state index in [4.69, 9.17) is 9.47 Å². The van der Waals surface area contributed by atoms with Crippen molar-refractivity contribution in [2.24, 2.45) is 5.92 Å². The Bertz CT molecular complexity index is 845. The zero-order chi connectivity index (χ0) is 21.2. The number of aromatic nitrogens is 1. The number of hydrogen-bond acceptors (Lipinski definition) is 7. The van der Waals surface area contributed by atoms with Crippen LogP contribution in [0, 0.1) is 16.0 Å². The highest BCUT2D eigenvalue weighted by atomic mass is 32.2. The van der Waals surface area contributed by atoms with Gasteiger partial charge in [0.05, 0.1) is 16.4 Å². The van der Waals surface area contributed by atoms with Crippen molar-refractivity contribution < 1.29 is 19.2 Å². The normalized spacial score (nSPS) is 10.8. The molecule has 8 nitrogen and oxygen atoms in total. The van der Waals surface area contributed by atoms with Gasteiger partial charge in [-0.05, 0) is 42.4 Å². The molecule has 0 aliphatic rings. The monoisotopic (exact) mass is 419 g/mol. The van der Waals surface area contributed by atoms with Crippen molar-refractivity contribution in [2.45, 2.75) is 25.2 Å². The maximum atomic E-state index is 12.6. The van der Waals surface area contributed by atoms with Crippen LogP contribution in [0.4, 0.5) is 11.4 Å². The molecule has 29 heavy (non-hydrogen) atoms. The van der Waals surface area contributed by atoms with E-state index in [1.807, 2.05) is 0 Å². The smallest absolute Gasteiger partial charge is 0.283 e. The summed E-state index contributed by atoms with van der Waals surface area (Å²) in [5, 5.41) is 14.2. The van der Waals surface area contributed by atoms with Crippen LogP contribution in [-0.2, 0) is 4.74 Å². The molecule has 0 fully saturated rings. The SMILES string of the molecule is COCCOc1ncccc1NC(=O)c1ccc(SCCC(C)C)c([N+](=O)[O-])c1. The number of amides is 1. The van der Waals surface area contributed by atoms with Crippen LogP contribution in [0.5, 0.6) is 5.88 Å². The van der Waals surface area contributed by atoms with Crippen molar-refractivity contribution in [3.8, 4) is 5.88 Å². The van der Waals surface area contributed by atoms with Gasteiger partial charge in [-0.2, -0.15) is 0 Å². The van der Waals surface area contributed by atoms with Gasteiger partial charge in [-0.25, -0.2) is 4.98 Å². The first-order chi connectivity index (χ1) is 13.9. The summed E-state index contributed by atoms with van der Waals surface area (Å²) >= 11 is 1.43. The van der Waals surface area contributed by atoms with Crippen LogP contribution in [0.2, 0.25) is 0 Å². The summed E-state index contributed by atoms with van der Waals surface area (Å²) in [6, 6.07) is 7.82. The molecule has 1 aromatic carbocycles. The molecule has 1 N–H and O–H groups in total. The van der Waals surface area contributed by atoms with Gasteiger partial charge in [0.25, 0.3) is 11.6 Å². The highest BCUT2D eigenvalue weighted by Crippen LogP contribution is 2.31. The molecule has 0 unspecified atom stereocenters. The molecule has 0 bridgehead atoms. The average Bonchev–Trinajstić information content (AvgIpc) is 2.69. The Morgan fingerprint density at radius 1 is 1.31 bits per heavy atom. The van der Waals surface area contributed by atoms with E-state index in [0.717, 1.165) is 12.2 Å². The minimum Gasteiger partial charge on any atom is -0.474 e. The molecule has 9 heteroatoms. The number of methoxy groups -OCH3 is 1. The minimum atomic E-state index is -0.476. The van der Waals surface area contributed by atoms with Gasteiger partial charge in [-0.3, -0.25) is 14.9 Å². The van der Waals surface area contributed by atoms with Gasteiger partial charge in [-0.1, -0.05) is 13.8 Å². The Balaban J connectivity index is 2.15. The highest BCUT2D eigenvalue weighted by molar-refractivity contribution is 7.99. The highest BCUT2D eigenvalue weighted by Gasteiger charge is 2.19. The van der Waals surface area contributed by atoms with E-state index in [0.29, 0.717) is 23.1 Å². The van der Waals surface area contributed by atoms with Crippen LogP contribution in [0.15, 0.2) is 41.4 Å². The number of nitro benzene ring substituents is 1. The number of nitro groups is 1. The molecule has 156 valence electrons. The van der Waals surface area contributed by atoms with Crippen molar-refractivity contribution in [3.05, 3.63) is 52.2 Å². The summed E-state index contributed by atoms with van der Waals surface area (Å²) in [5.41, 5.74) is 0.498. The van der Waals surface area contributed by atoms with Crippen LogP contribution in [0.3, 0.4) is 0 Å². The van der Waals surface area contributed by atoms with Crippen LogP contribution >= 0.6 is 11.8 Å². The molecule has 0 spiro atoms. The lowest BCUT2D eigenvalue weighted by Crippen LogP contribution is -2.14. The molecule has 2 rings (SSSR count). The van der Waals surface area contributed by atoms with Gasteiger partial charge >= 0.3 is 0 Å². The maximum absolute atomic E-state index is 12.6. The van der Waals surface area contributed by atoms with E-state index < -0.39 is 10.8 Å². The number of carbonyl (C=O) groups excluding carboxylic acids is 1. The molecular weight excluding hydrogens is 394 g/mol. The topological polar surface area (TPSA) is 104 Å². The number of ether oxygens (including phenoxy) is 2. The second-order valence-electron chi connectivity index (χ2n) is 6.62. The molecule has 1 aromatic heterocycles. The quantitative estimate of drug-likeness (QED) is 0.249. The number of carbonyl (C=O) groups is 1. The molecule has 0 saturated carbocycles. The zero-order valence-electron chi connectivity index (χ0n) is 16.7. The summed E-state index contributed by atoms with van der Waals surface area (Å²) in [6.07, 6.45) is 2.50. The second kappa shape index (κ2) is 11.4. The lowest BCUT2D eigenvalue weighted by Gasteiger charge is -2.11. The number of anilines is 1. The van der Waals surface area contributed by atoms with Crippen LogP contribution in [0.1, 0.15) is 30.6 Å². The van der Waals surface area contributed by atoms with E-state index in [2.05, 4.69) is 24.1 Å². The van der Waals surface area contributed by atoms with E-state index in [-0.39, 0.29) is 23.7 Å². The summed E-state index contributed by atoms with van der Waals surface area (Å²) in [7, 11) is 1.56. The lowest BCUT2D eigenvalue weighted by atomic mass is 10.2. The van der Waals surface area contributed by atoms with E-state index in [1.54, 1.807) is 37.6 Å². The second-order valence-corrected chi connectivity index (χ2v) is 7.76. The first-order valence-electron chi connectivity index (χ1n) is 9.21. The third-order valence-corrected chi connectivity index (χ3v) is 5.01. The Labute approximate surface area is 174 Å². The molecule has 1 amide bonds. The Hall–Kier alpha value is -2.65. The van der Waals surface area contributed by atoms with Crippen molar-refractivity contribution in [3.63, 3.8) is 0 Å². The molecule has 0 saturated heterocycles. The Morgan fingerprint density at radius 2 is 2.10 bits per heavy atom. The fourth-order valence-electron chi connectivity index (χ4n) is 2.35. The summed E-state index contributed by atoms with van der Waals surface area (Å²) < 4.78 is 10.4. The maximum Gasteiger partial charge on any atom is 0.283 e. The van der Waals surface area contributed by atoms with Gasteiger partial charge in [0.15, 0.2) is 0 Å². The molecule has 0 aliphatic heterocycles. The largest absolute Gasteiger partial charge is 0.474 e. The molecular formula is C20H25N3O5S. The van der Waals surface area contributed by atoms with Gasteiger partial charge < -0.3 is 14.8 Å². The third kappa shape index (κ3) is 7.03. The van der Waals surface area contributed by atoms with Crippen LogP contribution in [0.25, 0.3) is 0 Å². The fourth-order valence-corrected chi connectivity index (χ4v) is 3.60. The van der Waals surface area contributed by atoms with Gasteiger partial charge in [0.2, 0.25) is 5.88 Å². The minimum absolute atomic E-state index is 0.0749. The van der Waals surface area contributed by atoms with E-state index in [1.165, 1.54) is 17.8 Å². The Kier molecular flexibility index (Phi) is 8.88. The van der Waals surface area contributed by atoms with Gasteiger partial charge in [0, 0.05) is 24.9 Å². The summed E-state index contributed by atoms with van der Waals surface area (Å²) in [5.74, 6) is 1.08. The van der Waals surface area contributed by atoms with Crippen LogP contribution in [-0.4, -0.2) is 41.9 Å². The molecule has 0 radical (unpaired) electrons. The molecule has 0 aliphatic carbocycles. The number of rotatable bonds is 11. The molecule has 0 atom stereocenters. The van der Waals surface area contributed by atoms with Crippen molar-refractivity contribution >= 4 is 29.0 Å².